The van der Waals surface area contributed by atoms with Crippen molar-refractivity contribution in [3.63, 3.8) is 0 Å². The van der Waals surface area contributed by atoms with E-state index in [0.717, 1.165) is 43.2 Å². The van der Waals surface area contributed by atoms with Crippen molar-refractivity contribution in [1.82, 2.24) is 15.3 Å². The summed E-state index contributed by atoms with van der Waals surface area (Å²) in [6.07, 6.45) is 1.72. The summed E-state index contributed by atoms with van der Waals surface area (Å²) in [7, 11) is 1.60. The molecule has 1 aromatic heterocycles. The zero-order valence-electron chi connectivity index (χ0n) is 18.1. The number of rotatable bonds is 8. The van der Waals surface area contributed by atoms with Gasteiger partial charge in [-0.25, -0.2) is 9.97 Å². The fourth-order valence-corrected chi connectivity index (χ4v) is 3.45. The van der Waals surface area contributed by atoms with Gasteiger partial charge < -0.3 is 25.0 Å². The Morgan fingerprint density at radius 2 is 1.81 bits per heavy atom. The van der Waals surface area contributed by atoms with Crippen LogP contribution in [0.1, 0.15) is 10.4 Å². The van der Waals surface area contributed by atoms with Gasteiger partial charge in [0.05, 0.1) is 25.5 Å². The molecule has 4 rings (SSSR count). The summed E-state index contributed by atoms with van der Waals surface area (Å²) >= 11 is 0. The lowest BCUT2D eigenvalue weighted by atomic mass is 10.1. The monoisotopic (exact) mass is 433 g/mol. The maximum atomic E-state index is 12.1. The summed E-state index contributed by atoms with van der Waals surface area (Å²) in [6.45, 7) is 4.30. The highest BCUT2D eigenvalue weighted by Crippen LogP contribution is 2.23. The number of hydrogen-bond donors (Lipinski definition) is 2. The molecule has 0 aliphatic carbocycles. The maximum absolute atomic E-state index is 12.1. The average Bonchev–Trinajstić information content (AvgIpc) is 2.85. The molecule has 0 radical (unpaired) electrons. The molecule has 2 aromatic carbocycles. The molecule has 1 fully saturated rings. The van der Waals surface area contributed by atoms with Gasteiger partial charge >= 0.3 is 0 Å². The third kappa shape index (κ3) is 5.60. The normalized spacial score (nSPS) is 13.6. The van der Waals surface area contributed by atoms with E-state index in [0.29, 0.717) is 24.7 Å². The van der Waals surface area contributed by atoms with Crippen LogP contribution in [0, 0.1) is 0 Å². The van der Waals surface area contributed by atoms with Crippen molar-refractivity contribution in [1.29, 1.82) is 0 Å². The van der Waals surface area contributed by atoms with Crippen LogP contribution in [0.3, 0.4) is 0 Å². The van der Waals surface area contributed by atoms with E-state index in [1.54, 1.807) is 25.4 Å². The number of benzene rings is 2. The van der Waals surface area contributed by atoms with E-state index in [2.05, 4.69) is 37.6 Å². The van der Waals surface area contributed by atoms with Crippen LogP contribution >= 0.6 is 0 Å². The number of hydrogen-bond acceptors (Lipinski definition) is 7. The van der Waals surface area contributed by atoms with E-state index in [1.807, 2.05) is 30.3 Å². The van der Waals surface area contributed by atoms with Crippen molar-refractivity contribution in [2.24, 2.45) is 0 Å². The Morgan fingerprint density at radius 1 is 1.06 bits per heavy atom. The molecule has 2 N–H and O–H groups in total. The fourth-order valence-electron chi connectivity index (χ4n) is 3.45. The Morgan fingerprint density at radius 3 is 2.53 bits per heavy atom. The highest BCUT2D eigenvalue weighted by molar-refractivity contribution is 5.94. The summed E-state index contributed by atoms with van der Waals surface area (Å²) in [5, 5.41) is 6.07. The predicted molar refractivity (Wildman–Crippen MR) is 124 cm³/mol. The molecule has 0 unspecified atom stereocenters. The van der Waals surface area contributed by atoms with E-state index in [4.69, 9.17) is 9.47 Å². The smallest absolute Gasteiger partial charge is 0.251 e. The van der Waals surface area contributed by atoms with Crippen molar-refractivity contribution in [2.45, 2.75) is 0 Å². The van der Waals surface area contributed by atoms with Crippen LogP contribution in [-0.2, 0) is 9.47 Å². The number of carbonyl (C=O) groups is 1. The average molecular weight is 434 g/mol. The van der Waals surface area contributed by atoms with Crippen molar-refractivity contribution in [3.05, 3.63) is 66.4 Å². The lowest BCUT2D eigenvalue weighted by Gasteiger charge is -2.28. The lowest BCUT2D eigenvalue weighted by Crippen LogP contribution is -2.36. The molecule has 1 aliphatic heterocycles. The highest BCUT2D eigenvalue weighted by atomic mass is 16.5. The third-order valence-corrected chi connectivity index (χ3v) is 5.19. The third-order valence-electron chi connectivity index (χ3n) is 5.19. The minimum atomic E-state index is -0.126. The van der Waals surface area contributed by atoms with Crippen molar-refractivity contribution < 1.29 is 14.3 Å². The van der Waals surface area contributed by atoms with Crippen LogP contribution in [0.25, 0.3) is 11.3 Å². The first-order valence-corrected chi connectivity index (χ1v) is 10.6. The number of anilines is 3. The van der Waals surface area contributed by atoms with E-state index >= 15 is 0 Å². The standard InChI is InChI=1S/C24H27N5O3/c1-31-15-12-25-23(30)19-4-2-18(3-5-19)22-10-11-26-24(28-22)27-20-6-8-21(9-7-20)29-13-16-32-17-14-29/h2-11H,12-17H2,1H3,(H,25,30)(H,26,27,28). The van der Waals surface area contributed by atoms with E-state index in [-0.39, 0.29) is 5.91 Å². The second-order valence-electron chi connectivity index (χ2n) is 7.36. The number of carbonyl (C=O) groups excluding carboxylic acids is 1. The van der Waals surface area contributed by atoms with Crippen LogP contribution in [0.5, 0.6) is 0 Å². The molecule has 0 saturated carbocycles. The first kappa shape index (κ1) is 21.7. The van der Waals surface area contributed by atoms with E-state index < -0.39 is 0 Å². The maximum Gasteiger partial charge on any atom is 0.251 e. The second-order valence-corrected chi connectivity index (χ2v) is 7.36. The summed E-state index contributed by atoms with van der Waals surface area (Å²) in [5.74, 6) is 0.391. The van der Waals surface area contributed by atoms with E-state index in [9.17, 15) is 4.79 Å². The van der Waals surface area contributed by atoms with Gasteiger partial charge in [0, 0.05) is 55.4 Å². The van der Waals surface area contributed by atoms with Gasteiger partial charge in [-0.1, -0.05) is 12.1 Å². The molecule has 166 valence electrons. The summed E-state index contributed by atoms with van der Waals surface area (Å²) in [5.41, 5.74) is 4.38. The minimum absolute atomic E-state index is 0.126. The summed E-state index contributed by atoms with van der Waals surface area (Å²) in [4.78, 5) is 23.4. The Balaban J connectivity index is 1.40. The molecule has 32 heavy (non-hydrogen) atoms. The van der Waals surface area contributed by atoms with Crippen molar-refractivity contribution in [3.8, 4) is 11.3 Å². The van der Waals surface area contributed by atoms with Gasteiger partial charge in [0.25, 0.3) is 5.91 Å². The zero-order chi connectivity index (χ0) is 22.2. The molecule has 8 nitrogen and oxygen atoms in total. The number of nitrogens with zero attached hydrogens (tertiary/aromatic N) is 3. The van der Waals surface area contributed by atoms with Gasteiger partial charge in [0.15, 0.2) is 0 Å². The van der Waals surface area contributed by atoms with Gasteiger partial charge in [-0.05, 0) is 42.5 Å². The molecule has 1 amide bonds. The van der Waals surface area contributed by atoms with Crippen LogP contribution in [0.4, 0.5) is 17.3 Å². The predicted octanol–water partition coefficient (Wildman–Crippen LogP) is 3.10. The molecular weight excluding hydrogens is 406 g/mol. The van der Waals surface area contributed by atoms with Gasteiger partial charge in [0.1, 0.15) is 0 Å². The highest BCUT2D eigenvalue weighted by Gasteiger charge is 2.11. The molecule has 1 saturated heterocycles. The molecule has 3 aromatic rings. The molecule has 0 atom stereocenters. The molecule has 8 heteroatoms. The van der Waals surface area contributed by atoms with Crippen molar-refractivity contribution in [2.75, 3.05) is 56.8 Å². The van der Waals surface area contributed by atoms with Crippen LogP contribution in [-0.4, -0.2) is 62.4 Å². The molecule has 0 spiro atoms. The van der Waals surface area contributed by atoms with Gasteiger partial charge in [-0.15, -0.1) is 0 Å². The first-order chi connectivity index (χ1) is 15.7. The van der Waals surface area contributed by atoms with Crippen LogP contribution in [0.15, 0.2) is 60.8 Å². The molecular formula is C24H27N5O3. The summed E-state index contributed by atoms with van der Waals surface area (Å²) < 4.78 is 10.4. The summed E-state index contributed by atoms with van der Waals surface area (Å²) in [6, 6.07) is 17.4. The number of aromatic nitrogens is 2. The SMILES string of the molecule is COCCNC(=O)c1ccc(-c2ccnc(Nc3ccc(N4CCOCC4)cc3)n2)cc1. The Kier molecular flexibility index (Phi) is 7.27. The lowest BCUT2D eigenvalue weighted by molar-refractivity contribution is 0.0937. The number of methoxy groups -OCH3 is 1. The number of amides is 1. The topological polar surface area (TPSA) is 88.6 Å². The zero-order valence-corrected chi connectivity index (χ0v) is 18.1. The first-order valence-electron chi connectivity index (χ1n) is 10.6. The van der Waals surface area contributed by atoms with Gasteiger partial charge in [0.2, 0.25) is 5.95 Å². The minimum Gasteiger partial charge on any atom is -0.383 e. The quantitative estimate of drug-likeness (QED) is 0.528. The van der Waals surface area contributed by atoms with Crippen LogP contribution < -0.4 is 15.5 Å². The largest absolute Gasteiger partial charge is 0.383 e. The second kappa shape index (κ2) is 10.7. The Bertz CT molecular complexity index is 1020. The van der Waals surface area contributed by atoms with Crippen LogP contribution in [0.2, 0.25) is 0 Å². The van der Waals surface area contributed by atoms with Gasteiger partial charge in [-0.2, -0.15) is 0 Å². The fraction of sp³-hybridized carbons (Fsp3) is 0.292. The molecule has 1 aliphatic rings. The van der Waals surface area contributed by atoms with Gasteiger partial charge in [-0.3, -0.25) is 4.79 Å². The Labute approximate surface area is 187 Å². The van der Waals surface area contributed by atoms with Crippen molar-refractivity contribution >= 4 is 23.2 Å². The Hall–Kier alpha value is -3.49. The number of ether oxygens (including phenoxy) is 2. The molecule has 2 heterocycles. The van der Waals surface area contributed by atoms with E-state index in [1.165, 1.54) is 5.69 Å². The number of morpholine rings is 1. The molecule has 0 bridgehead atoms. The number of nitrogens with one attached hydrogen (secondary N) is 2.